The molecule has 86 valence electrons. The van der Waals surface area contributed by atoms with E-state index in [2.05, 4.69) is 43.5 Å². The van der Waals surface area contributed by atoms with E-state index in [1.165, 1.54) is 33.0 Å². The third-order valence-corrected chi connectivity index (χ3v) is 3.39. The van der Waals surface area contributed by atoms with Crippen molar-refractivity contribution in [1.82, 2.24) is 4.98 Å². The Labute approximate surface area is 102 Å². The van der Waals surface area contributed by atoms with Crippen LogP contribution < -0.4 is 0 Å². The lowest BCUT2D eigenvalue weighted by atomic mass is 9.92. The van der Waals surface area contributed by atoms with Crippen molar-refractivity contribution in [3.8, 4) is 0 Å². The highest BCUT2D eigenvalue weighted by molar-refractivity contribution is 5.94. The van der Waals surface area contributed by atoms with Crippen molar-refractivity contribution in [2.45, 2.75) is 20.8 Å². The van der Waals surface area contributed by atoms with Gasteiger partial charge in [-0.05, 0) is 67.3 Å². The van der Waals surface area contributed by atoms with Gasteiger partial charge in [0.25, 0.3) is 0 Å². The molecule has 0 saturated heterocycles. The summed E-state index contributed by atoms with van der Waals surface area (Å²) in [7, 11) is 0. The second kappa shape index (κ2) is 4.50. The molecule has 1 aromatic carbocycles. The van der Waals surface area contributed by atoms with Crippen molar-refractivity contribution < 1.29 is 0 Å². The number of nitrogens with zero attached hydrogens (tertiary/aromatic N) is 2. The Bertz CT molecular complexity index is 610. The first-order valence-electron chi connectivity index (χ1n) is 5.62. The Morgan fingerprint density at radius 3 is 2.59 bits per heavy atom. The summed E-state index contributed by atoms with van der Waals surface area (Å²) in [6.45, 7) is 9.91. The minimum Gasteiger partial charge on any atom is -0.272 e. The molecule has 0 bridgehead atoms. The maximum absolute atomic E-state index is 4.21. The van der Waals surface area contributed by atoms with Crippen LogP contribution in [0.15, 0.2) is 29.7 Å². The van der Waals surface area contributed by atoms with Crippen molar-refractivity contribution in [3.63, 3.8) is 0 Å². The van der Waals surface area contributed by atoms with Gasteiger partial charge in [-0.2, -0.15) is 0 Å². The molecule has 1 aromatic heterocycles. The molecule has 0 fully saturated rings. The number of hydrogen-bond acceptors (Lipinski definition) is 2. The molecule has 0 atom stereocenters. The van der Waals surface area contributed by atoms with Crippen molar-refractivity contribution in [1.29, 1.82) is 0 Å². The van der Waals surface area contributed by atoms with Crippen molar-refractivity contribution >= 4 is 23.6 Å². The third-order valence-electron chi connectivity index (χ3n) is 3.39. The third kappa shape index (κ3) is 1.86. The maximum atomic E-state index is 4.21. The standard InChI is InChI=1S/C15H16N2/c1-10-11(2)13(5-7-16-4)14-6-8-17-9-15(14)12(10)3/h5-9H,4H2,1-3H3/b7-5-. The van der Waals surface area contributed by atoms with Gasteiger partial charge in [0.05, 0.1) is 0 Å². The largest absolute Gasteiger partial charge is 0.272 e. The van der Waals surface area contributed by atoms with Crippen LogP contribution in [0, 0.1) is 20.8 Å². The molecule has 1 heterocycles. The number of aliphatic imine (C=N–C) groups is 1. The molecule has 2 aromatic rings. The zero-order valence-electron chi connectivity index (χ0n) is 10.5. The molecule has 0 aliphatic carbocycles. The SMILES string of the molecule is C=N/C=C\c1c(C)c(C)c(C)c2cnccc12. The monoisotopic (exact) mass is 224 g/mol. The van der Waals surface area contributed by atoms with Crippen LogP contribution in [0.25, 0.3) is 16.8 Å². The molecule has 0 amide bonds. The zero-order valence-corrected chi connectivity index (χ0v) is 10.5. The molecule has 0 radical (unpaired) electrons. The van der Waals surface area contributed by atoms with Gasteiger partial charge < -0.3 is 0 Å². The van der Waals surface area contributed by atoms with E-state index in [1.54, 1.807) is 6.20 Å². The summed E-state index contributed by atoms with van der Waals surface area (Å²) in [4.78, 5) is 7.99. The number of hydrogen-bond donors (Lipinski definition) is 0. The Kier molecular flexibility index (Phi) is 3.05. The van der Waals surface area contributed by atoms with E-state index in [0.717, 1.165) is 0 Å². The first-order valence-corrected chi connectivity index (χ1v) is 5.62. The molecule has 0 N–H and O–H groups in total. The van der Waals surface area contributed by atoms with Gasteiger partial charge in [0.2, 0.25) is 0 Å². The van der Waals surface area contributed by atoms with Gasteiger partial charge in [0.15, 0.2) is 0 Å². The summed E-state index contributed by atoms with van der Waals surface area (Å²) >= 11 is 0. The van der Waals surface area contributed by atoms with E-state index in [4.69, 9.17) is 0 Å². The van der Waals surface area contributed by atoms with E-state index >= 15 is 0 Å². The Hall–Kier alpha value is -1.96. The molecule has 2 nitrogen and oxygen atoms in total. The average Bonchev–Trinajstić information content (AvgIpc) is 2.36. The van der Waals surface area contributed by atoms with Gasteiger partial charge in [0.1, 0.15) is 0 Å². The summed E-state index contributed by atoms with van der Waals surface area (Å²) in [5, 5.41) is 2.43. The Balaban J connectivity index is 2.89. The zero-order chi connectivity index (χ0) is 12.4. The fourth-order valence-electron chi connectivity index (χ4n) is 2.16. The van der Waals surface area contributed by atoms with E-state index in [-0.39, 0.29) is 0 Å². The number of fused-ring (bicyclic) bond motifs is 1. The number of aryl methyl sites for hydroxylation is 1. The van der Waals surface area contributed by atoms with Crippen LogP contribution >= 0.6 is 0 Å². The topological polar surface area (TPSA) is 25.2 Å². The molecule has 0 saturated carbocycles. The summed E-state index contributed by atoms with van der Waals surface area (Å²) < 4.78 is 0. The molecular formula is C15H16N2. The summed E-state index contributed by atoms with van der Waals surface area (Å²) in [5.41, 5.74) is 5.11. The normalized spacial score (nSPS) is 11.2. The Morgan fingerprint density at radius 1 is 1.12 bits per heavy atom. The lowest BCUT2D eigenvalue weighted by Crippen LogP contribution is -1.94. The highest BCUT2D eigenvalue weighted by Crippen LogP contribution is 2.29. The smallest absolute Gasteiger partial charge is 0.0349 e. The first-order chi connectivity index (χ1) is 8.16. The van der Waals surface area contributed by atoms with Gasteiger partial charge in [-0.3, -0.25) is 9.98 Å². The molecule has 0 aliphatic heterocycles. The summed E-state index contributed by atoms with van der Waals surface area (Å²) in [6.07, 6.45) is 7.50. The molecule has 0 aliphatic rings. The first kappa shape index (κ1) is 11.5. The fourth-order valence-corrected chi connectivity index (χ4v) is 2.16. The predicted molar refractivity (Wildman–Crippen MR) is 74.5 cm³/mol. The van der Waals surface area contributed by atoms with Gasteiger partial charge in [-0.25, -0.2) is 0 Å². The van der Waals surface area contributed by atoms with Crippen molar-refractivity contribution in [2.24, 2.45) is 4.99 Å². The lowest BCUT2D eigenvalue weighted by molar-refractivity contribution is 1.27. The molecule has 2 rings (SSSR count). The fraction of sp³-hybridized carbons (Fsp3) is 0.200. The van der Waals surface area contributed by atoms with E-state index < -0.39 is 0 Å². The predicted octanol–water partition coefficient (Wildman–Crippen LogP) is 3.83. The van der Waals surface area contributed by atoms with Gasteiger partial charge >= 0.3 is 0 Å². The summed E-state index contributed by atoms with van der Waals surface area (Å²) in [5.74, 6) is 0. The molecule has 17 heavy (non-hydrogen) atoms. The number of rotatable bonds is 2. The van der Waals surface area contributed by atoms with Crippen LogP contribution in [0.2, 0.25) is 0 Å². The van der Waals surface area contributed by atoms with E-state index in [9.17, 15) is 0 Å². The molecule has 2 heteroatoms. The highest BCUT2D eigenvalue weighted by Gasteiger charge is 2.09. The van der Waals surface area contributed by atoms with Gasteiger partial charge in [0, 0.05) is 24.0 Å². The quantitative estimate of drug-likeness (QED) is 0.712. The van der Waals surface area contributed by atoms with Crippen LogP contribution in [0.4, 0.5) is 0 Å². The van der Waals surface area contributed by atoms with Gasteiger partial charge in [-0.1, -0.05) is 0 Å². The minimum absolute atomic E-state index is 1.21. The molecule has 0 spiro atoms. The lowest BCUT2D eigenvalue weighted by Gasteiger charge is -2.13. The van der Waals surface area contributed by atoms with Crippen LogP contribution in [-0.2, 0) is 0 Å². The van der Waals surface area contributed by atoms with Gasteiger partial charge in [-0.15, -0.1) is 0 Å². The van der Waals surface area contributed by atoms with Crippen LogP contribution in [0.1, 0.15) is 22.3 Å². The van der Waals surface area contributed by atoms with Crippen LogP contribution in [0.5, 0.6) is 0 Å². The van der Waals surface area contributed by atoms with E-state index in [1.807, 2.05) is 18.5 Å². The van der Waals surface area contributed by atoms with Crippen LogP contribution in [-0.4, -0.2) is 11.7 Å². The number of pyridine rings is 1. The Morgan fingerprint density at radius 2 is 1.88 bits per heavy atom. The molecular weight excluding hydrogens is 208 g/mol. The maximum Gasteiger partial charge on any atom is 0.0349 e. The average molecular weight is 224 g/mol. The van der Waals surface area contributed by atoms with Crippen LogP contribution in [0.3, 0.4) is 0 Å². The highest BCUT2D eigenvalue weighted by atomic mass is 14.6. The molecule has 0 unspecified atom stereocenters. The van der Waals surface area contributed by atoms with E-state index in [0.29, 0.717) is 0 Å². The van der Waals surface area contributed by atoms with Crippen molar-refractivity contribution in [3.05, 3.63) is 46.9 Å². The summed E-state index contributed by atoms with van der Waals surface area (Å²) in [6, 6.07) is 2.05. The number of aromatic nitrogens is 1. The minimum atomic E-state index is 1.21. The number of benzene rings is 1. The second-order valence-electron chi connectivity index (χ2n) is 4.21. The van der Waals surface area contributed by atoms with Crippen molar-refractivity contribution in [2.75, 3.05) is 0 Å². The second-order valence-corrected chi connectivity index (χ2v) is 4.21.